The Morgan fingerprint density at radius 1 is 1.32 bits per heavy atom. The van der Waals surface area contributed by atoms with Crippen molar-refractivity contribution in [1.82, 2.24) is 5.32 Å². The van der Waals surface area contributed by atoms with Gasteiger partial charge in [-0.3, -0.25) is 0 Å². The second-order valence-electron chi connectivity index (χ2n) is 4.19. The first kappa shape index (κ1) is 14.4. The minimum atomic E-state index is -0.179. The summed E-state index contributed by atoms with van der Waals surface area (Å²) in [6.07, 6.45) is 0. The quantitative estimate of drug-likeness (QED) is 0.793. The lowest BCUT2D eigenvalue weighted by molar-refractivity contribution is 0.0619. The maximum absolute atomic E-state index is 14.0. The van der Waals surface area contributed by atoms with Crippen LogP contribution in [0, 0.1) is 5.82 Å². The van der Waals surface area contributed by atoms with Crippen LogP contribution in [0.25, 0.3) is 10.1 Å². The van der Waals surface area contributed by atoms with Crippen molar-refractivity contribution in [3.05, 3.63) is 34.5 Å². The summed E-state index contributed by atoms with van der Waals surface area (Å²) in [4.78, 5) is 1.13. The molecule has 0 fully saturated rings. The van der Waals surface area contributed by atoms with E-state index in [9.17, 15) is 4.39 Å². The van der Waals surface area contributed by atoms with Crippen LogP contribution < -0.4 is 5.32 Å². The summed E-state index contributed by atoms with van der Waals surface area (Å²) in [7, 11) is 3.52. The molecule has 2 rings (SSSR count). The first-order valence-electron chi connectivity index (χ1n) is 6.18. The Morgan fingerprint density at radius 3 is 2.89 bits per heavy atom. The van der Waals surface area contributed by atoms with Crippen LogP contribution in [0.5, 0.6) is 0 Å². The molecule has 0 atom stereocenters. The average molecular weight is 283 g/mol. The van der Waals surface area contributed by atoms with E-state index in [-0.39, 0.29) is 5.82 Å². The highest BCUT2D eigenvalue weighted by molar-refractivity contribution is 7.19. The highest BCUT2D eigenvalue weighted by Gasteiger charge is 2.15. The van der Waals surface area contributed by atoms with Gasteiger partial charge in [-0.1, -0.05) is 6.07 Å². The lowest BCUT2D eigenvalue weighted by Crippen LogP contribution is -2.07. The molecule has 0 saturated carbocycles. The summed E-state index contributed by atoms with van der Waals surface area (Å²) in [5.41, 5.74) is 0.948. The Kier molecular flexibility index (Phi) is 5.27. The molecule has 1 heterocycles. The molecule has 0 aliphatic heterocycles. The summed E-state index contributed by atoms with van der Waals surface area (Å²) in [6, 6.07) is 5.19. The third-order valence-electron chi connectivity index (χ3n) is 2.86. The molecule has 1 aromatic heterocycles. The Morgan fingerprint density at radius 2 is 2.16 bits per heavy atom. The number of ether oxygens (including phenoxy) is 2. The van der Waals surface area contributed by atoms with E-state index in [0.29, 0.717) is 25.2 Å². The second kappa shape index (κ2) is 6.96. The number of methoxy groups -OCH3 is 1. The zero-order valence-corrected chi connectivity index (χ0v) is 12.0. The van der Waals surface area contributed by atoms with E-state index < -0.39 is 0 Å². The van der Waals surface area contributed by atoms with Gasteiger partial charge in [0.2, 0.25) is 0 Å². The Labute approximate surface area is 116 Å². The molecule has 3 nitrogen and oxygen atoms in total. The predicted octanol–water partition coefficient (Wildman–Crippen LogP) is 2.92. The average Bonchev–Trinajstić information content (AvgIpc) is 2.74. The van der Waals surface area contributed by atoms with Gasteiger partial charge in [-0.25, -0.2) is 4.39 Å². The van der Waals surface area contributed by atoms with Gasteiger partial charge < -0.3 is 14.8 Å². The first-order valence-corrected chi connectivity index (χ1v) is 6.99. The van der Waals surface area contributed by atoms with E-state index in [2.05, 4.69) is 5.32 Å². The van der Waals surface area contributed by atoms with Crippen LogP contribution in [0.3, 0.4) is 0 Å². The molecule has 0 aliphatic carbocycles. The van der Waals surface area contributed by atoms with Crippen LogP contribution in [0.15, 0.2) is 18.2 Å². The van der Waals surface area contributed by atoms with Crippen LogP contribution in [0.1, 0.15) is 10.4 Å². The van der Waals surface area contributed by atoms with E-state index in [1.807, 2.05) is 13.1 Å². The molecule has 0 bridgehead atoms. The van der Waals surface area contributed by atoms with Crippen LogP contribution in [-0.2, 0) is 22.6 Å². The van der Waals surface area contributed by atoms with Gasteiger partial charge in [0, 0.05) is 34.2 Å². The molecule has 0 spiro atoms. The summed E-state index contributed by atoms with van der Waals surface area (Å²) < 4.78 is 25.4. The van der Waals surface area contributed by atoms with Crippen molar-refractivity contribution in [2.45, 2.75) is 13.2 Å². The van der Waals surface area contributed by atoms with Crippen molar-refractivity contribution in [1.29, 1.82) is 0 Å². The predicted molar refractivity (Wildman–Crippen MR) is 76.1 cm³/mol. The van der Waals surface area contributed by atoms with E-state index in [1.165, 1.54) is 6.07 Å². The maximum Gasteiger partial charge on any atom is 0.132 e. The number of hydrogen-bond donors (Lipinski definition) is 1. The standard InChI is InChI=1S/C14H18FNO2S/c1-16-8-13-10(9-18-7-6-17-2)14-11(15)4-3-5-12(14)19-13/h3-5,16H,6-9H2,1-2H3. The molecule has 0 aliphatic rings. The first-order chi connectivity index (χ1) is 9.27. The number of thiophene rings is 1. The van der Waals surface area contributed by atoms with Gasteiger partial charge in [-0.2, -0.15) is 0 Å². The van der Waals surface area contributed by atoms with Crippen molar-refractivity contribution in [3.8, 4) is 0 Å². The van der Waals surface area contributed by atoms with E-state index >= 15 is 0 Å². The van der Waals surface area contributed by atoms with Crippen molar-refractivity contribution < 1.29 is 13.9 Å². The summed E-state index contributed by atoms with van der Waals surface area (Å²) in [5, 5.41) is 3.80. The molecule has 0 unspecified atom stereocenters. The van der Waals surface area contributed by atoms with Crippen molar-refractivity contribution in [2.75, 3.05) is 27.4 Å². The fourth-order valence-corrected chi connectivity index (χ4v) is 3.22. The molecule has 2 aromatic rings. The normalized spacial score (nSPS) is 11.3. The van der Waals surface area contributed by atoms with Gasteiger partial charge in [0.05, 0.1) is 19.8 Å². The lowest BCUT2D eigenvalue weighted by Gasteiger charge is -2.06. The topological polar surface area (TPSA) is 30.5 Å². The SMILES string of the molecule is CNCc1sc2cccc(F)c2c1COCCOC. The van der Waals surface area contributed by atoms with E-state index in [0.717, 1.165) is 21.7 Å². The third kappa shape index (κ3) is 3.30. The minimum absolute atomic E-state index is 0.179. The second-order valence-corrected chi connectivity index (χ2v) is 5.33. The molecule has 5 heteroatoms. The van der Waals surface area contributed by atoms with Gasteiger partial charge in [0.1, 0.15) is 5.82 Å². The largest absolute Gasteiger partial charge is 0.382 e. The summed E-state index contributed by atoms with van der Waals surface area (Å²) >= 11 is 1.61. The van der Waals surface area contributed by atoms with Gasteiger partial charge in [0.15, 0.2) is 0 Å². The number of halogens is 1. The van der Waals surface area contributed by atoms with Crippen molar-refractivity contribution in [2.24, 2.45) is 0 Å². The molecule has 0 amide bonds. The van der Waals surface area contributed by atoms with Crippen LogP contribution >= 0.6 is 11.3 Å². The lowest BCUT2D eigenvalue weighted by atomic mass is 10.1. The molecular formula is C14H18FNO2S. The highest BCUT2D eigenvalue weighted by atomic mass is 32.1. The molecule has 0 radical (unpaired) electrons. The van der Waals surface area contributed by atoms with Gasteiger partial charge in [-0.05, 0) is 19.2 Å². The van der Waals surface area contributed by atoms with Gasteiger partial charge in [0.25, 0.3) is 0 Å². The minimum Gasteiger partial charge on any atom is -0.382 e. The molecule has 104 valence electrons. The highest BCUT2D eigenvalue weighted by Crippen LogP contribution is 2.33. The van der Waals surface area contributed by atoms with E-state index in [1.54, 1.807) is 24.5 Å². The maximum atomic E-state index is 14.0. The number of rotatable bonds is 7. The summed E-state index contributed by atoms with van der Waals surface area (Å²) in [5.74, 6) is -0.179. The summed E-state index contributed by atoms with van der Waals surface area (Å²) in [6.45, 7) is 2.20. The van der Waals surface area contributed by atoms with Crippen LogP contribution in [0.2, 0.25) is 0 Å². The van der Waals surface area contributed by atoms with Gasteiger partial charge >= 0.3 is 0 Å². The molecule has 1 N–H and O–H groups in total. The Hall–Kier alpha value is -1.01. The van der Waals surface area contributed by atoms with Crippen LogP contribution in [-0.4, -0.2) is 27.4 Å². The number of benzene rings is 1. The fraction of sp³-hybridized carbons (Fsp3) is 0.429. The molecular weight excluding hydrogens is 265 g/mol. The number of nitrogens with one attached hydrogen (secondary N) is 1. The molecule has 1 aromatic carbocycles. The monoisotopic (exact) mass is 283 g/mol. The third-order valence-corrected chi connectivity index (χ3v) is 4.06. The molecule has 19 heavy (non-hydrogen) atoms. The van der Waals surface area contributed by atoms with Gasteiger partial charge in [-0.15, -0.1) is 11.3 Å². The Balaban J connectivity index is 2.28. The van der Waals surface area contributed by atoms with Crippen molar-refractivity contribution in [3.63, 3.8) is 0 Å². The Bertz CT molecular complexity index is 541. The number of fused-ring (bicyclic) bond motifs is 1. The number of hydrogen-bond acceptors (Lipinski definition) is 4. The van der Waals surface area contributed by atoms with Crippen molar-refractivity contribution >= 4 is 21.4 Å². The van der Waals surface area contributed by atoms with Crippen LogP contribution in [0.4, 0.5) is 4.39 Å². The fourth-order valence-electron chi connectivity index (χ4n) is 1.99. The molecule has 0 saturated heterocycles. The smallest absolute Gasteiger partial charge is 0.132 e. The van der Waals surface area contributed by atoms with E-state index in [4.69, 9.17) is 9.47 Å². The zero-order chi connectivity index (χ0) is 13.7. The zero-order valence-electron chi connectivity index (χ0n) is 11.2.